The Morgan fingerprint density at radius 2 is 2.00 bits per heavy atom. The van der Waals surface area contributed by atoms with E-state index in [9.17, 15) is 4.79 Å². The summed E-state index contributed by atoms with van der Waals surface area (Å²) in [6.07, 6.45) is 0.252. The zero-order valence-corrected chi connectivity index (χ0v) is 16.1. The molecule has 0 atom stereocenters. The molecule has 0 aliphatic rings. The van der Waals surface area contributed by atoms with Gasteiger partial charge in [-0.3, -0.25) is 4.79 Å². The molecule has 0 unspecified atom stereocenters. The van der Waals surface area contributed by atoms with Crippen molar-refractivity contribution >= 4 is 36.5 Å². The van der Waals surface area contributed by atoms with E-state index in [0.29, 0.717) is 17.4 Å². The number of carbonyl (C=O) groups is 1. The quantitative estimate of drug-likeness (QED) is 0.611. The summed E-state index contributed by atoms with van der Waals surface area (Å²) in [5.41, 5.74) is 2.79. The summed E-state index contributed by atoms with van der Waals surface area (Å²) in [7, 11) is 0.389. The number of ether oxygens (including phenoxy) is 2. The number of rotatable bonds is 6. The minimum atomic E-state index is -1.19. The molecule has 0 saturated heterocycles. The Kier molecular flexibility index (Phi) is 5.42. The maximum atomic E-state index is 12.1. The Bertz CT molecular complexity index is 719. The van der Waals surface area contributed by atoms with Crippen LogP contribution in [0.3, 0.4) is 0 Å². The van der Waals surface area contributed by atoms with Crippen LogP contribution in [0.5, 0.6) is 5.75 Å². The van der Waals surface area contributed by atoms with Gasteiger partial charge in [-0.05, 0) is 30.7 Å². The van der Waals surface area contributed by atoms with Crippen molar-refractivity contribution in [3.8, 4) is 5.75 Å². The number of aromatic amines is 1. The molecule has 0 saturated carbocycles. The van der Waals surface area contributed by atoms with Crippen molar-refractivity contribution in [2.45, 2.75) is 39.0 Å². The van der Waals surface area contributed by atoms with Crippen LogP contribution in [-0.4, -0.2) is 32.7 Å². The molecule has 6 heteroatoms. The molecule has 2 rings (SSSR count). The van der Waals surface area contributed by atoms with Crippen molar-refractivity contribution in [3.63, 3.8) is 0 Å². The fourth-order valence-electron chi connectivity index (χ4n) is 2.44. The summed E-state index contributed by atoms with van der Waals surface area (Å²) in [5.74, 6) is 0.410. The number of nitrogens with one attached hydrogen (secondary N) is 1. The highest BCUT2D eigenvalue weighted by Gasteiger charge is 2.17. The Morgan fingerprint density at radius 3 is 2.61 bits per heavy atom. The number of carbonyl (C=O) groups excluding carboxylic acids is 1. The Hall–Kier alpha value is -1.46. The normalized spacial score (nSPS) is 11.7. The van der Waals surface area contributed by atoms with E-state index in [-0.39, 0.29) is 12.4 Å². The summed E-state index contributed by atoms with van der Waals surface area (Å²) in [5, 5.41) is 1.50. The minimum absolute atomic E-state index is 0.193. The van der Waals surface area contributed by atoms with Gasteiger partial charge in [-0.25, -0.2) is 0 Å². The lowest BCUT2D eigenvalue weighted by Crippen LogP contribution is -2.23. The topological polar surface area (TPSA) is 51.3 Å². The zero-order valence-electron chi connectivity index (χ0n) is 14.4. The maximum absolute atomic E-state index is 12.1. The monoisotopic (exact) mass is 353 g/mol. The predicted molar refractivity (Wildman–Crippen MR) is 97.4 cm³/mol. The maximum Gasteiger partial charge on any atom is 0.310 e. The summed E-state index contributed by atoms with van der Waals surface area (Å²) < 4.78 is 10.7. The molecule has 1 N–H and O–H groups in total. The van der Waals surface area contributed by atoms with Gasteiger partial charge in [-0.2, -0.15) is 0 Å². The average Bonchev–Trinajstić information content (AvgIpc) is 2.72. The van der Waals surface area contributed by atoms with Crippen LogP contribution in [-0.2, 0) is 16.0 Å². The van der Waals surface area contributed by atoms with Crippen LogP contribution < -0.4 is 4.74 Å². The van der Waals surface area contributed by atoms with Crippen molar-refractivity contribution in [1.29, 1.82) is 0 Å². The van der Waals surface area contributed by atoms with E-state index in [1.54, 1.807) is 7.11 Å². The number of aromatic nitrogens is 1. The van der Waals surface area contributed by atoms with Crippen molar-refractivity contribution in [2.75, 3.05) is 13.7 Å². The number of hydrogen-bond acceptors (Lipinski definition) is 3. The number of esters is 1. The first-order valence-corrected chi connectivity index (χ1v) is 11.8. The second kappa shape index (κ2) is 6.97. The molecule has 4 nitrogen and oxygen atoms in total. The van der Waals surface area contributed by atoms with Crippen LogP contribution in [0.2, 0.25) is 30.7 Å². The first-order valence-electron chi connectivity index (χ1n) is 7.71. The first-order chi connectivity index (χ1) is 10.7. The molecular weight excluding hydrogens is 330 g/mol. The van der Waals surface area contributed by atoms with E-state index in [4.69, 9.17) is 21.1 Å². The zero-order chi connectivity index (χ0) is 17.2. The fraction of sp³-hybridized carbons (Fsp3) is 0.471. The van der Waals surface area contributed by atoms with Gasteiger partial charge in [0.05, 0.1) is 25.2 Å². The predicted octanol–water partition coefficient (Wildman–Crippen LogP) is 4.56. The highest BCUT2D eigenvalue weighted by Crippen LogP contribution is 2.33. The van der Waals surface area contributed by atoms with Crippen LogP contribution in [0.25, 0.3) is 10.9 Å². The third-order valence-electron chi connectivity index (χ3n) is 3.83. The van der Waals surface area contributed by atoms with Crippen LogP contribution in [0.15, 0.2) is 12.1 Å². The van der Waals surface area contributed by atoms with Crippen LogP contribution in [0.1, 0.15) is 11.3 Å². The Labute approximate surface area is 143 Å². The number of halogens is 1. The Balaban J connectivity index is 2.16. The lowest BCUT2D eigenvalue weighted by Gasteiger charge is -2.15. The smallest absolute Gasteiger partial charge is 0.310 e. The SMILES string of the molecule is COc1cc2c(CC(=O)OCC[Si](C)(C)C)c(C)[nH]c2cc1Cl. The lowest BCUT2D eigenvalue weighted by molar-refractivity contribution is -0.142. The number of H-pyrrole nitrogens is 1. The molecule has 0 aliphatic heterocycles. The van der Waals surface area contributed by atoms with E-state index in [2.05, 4.69) is 24.6 Å². The van der Waals surface area contributed by atoms with Crippen LogP contribution in [0.4, 0.5) is 0 Å². The molecule has 23 heavy (non-hydrogen) atoms. The molecule has 2 aromatic rings. The van der Waals surface area contributed by atoms with Gasteiger partial charge < -0.3 is 14.5 Å². The van der Waals surface area contributed by atoms with Gasteiger partial charge in [0.2, 0.25) is 0 Å². The second-order valence-electron chi connectivity index (χ2n) is 6.97. The van der Waals surface area contributed by atoms with Gasteiger partial charge in [0.1, 0.15) is 5.75 Å². The number of fused-ring (bicyclic) bond motifs is 1. The van der Waals surface area contributed by atoms with Crippen LogP contribution >= 0.6 is 11.6 Å². The summed E-state index contributed by atoms with van der Waals surface area (Å²) in [4.78, 5) is 15.4. The van der Waals surface area contributed by atoms with Gasteiger partial charge in [0.25, 0.3) is 0 Å². The van der Waals surface area contributed by atoms with E-state index >= 15 is 0 Å². The fourth-order valence-corrected chi connectivity index (χ4v) is 3.39. The molecular formula is C17H24ClNO3Si. The molecule has 0 bridgehead atoms. The molecule has 0 radical (unpaired) electrons. The average molecular weight is 354 g/mol. The standard InChI is InChI=1S/C17H24ClNO3Si/c1-11-12(9-17(20)22-6-7-23(3,4)5)13-8-16(21-2)14(18)10-15(13)19-11/h8,10,19H,6-7,9H2,1-5H3. The van der Waals surface area contributed by atoms with Gasteiger partial charge in [-0.1, -0.05) is 31.2 Å². The van der Waals surface area contributed by atoms with E-state index < -0.39 is 8.07 Å². The van der Waals surface area contributed by atoms with Gasteiger partial charge in [0.15, 0.2) is 0 Å². The highest BCUT2D eigenvalue weighted by molar-refractivity contribution is 6.76. The Morgan fingerprint density at radius 1 is 1.30 bits per heavy atom. The molecule has 126 valence electrons. The minimum Gasteiger partial charge on any atom is -0.495 e. The highest BCUT2D eigenvalue weighted by atomic mass is 35.5. The lowest BCUT2D eigenvalue weighted by atomic mass is 10.1. The molecule has 0 aliphatic carbocycles. The van der Waals surface area contributed by atoms with E-state index in [1.165, 1.54) is 0 Å². The van der Waals surface area contributed by atoms with E-state index in [0.717, 1.165) is 28.2 Å². The van der Waals surface area contributed by atoms with Crippen LogP contribution in [0, 0.1) is 6.92 Å². The van der Waals surface area contributed by atoms with Gasteiger partial charge >= 0.3 is 5.97 Å². The summed E-state index contributed by atoms with van der Waals surface area (Å²) >= 11 is 6.15. The second-order valence-corrected chi connectivity index (χ2v) is 13.0. The number of benzene rings is 1. The number of hydrogen-bond donors (Lipinski definition) is 1. The molecule has 1 aromatic carbocycles. The number of aryl methyl sites for hydroxylation is 1. The molecule has 0 fully saturated rings. The summed E-state index contributed by atoms with van der Waals surface area (Å²) in [6, 6.07) is 4.67. The van der Waals surface area contributed by atoms with Gasteiger partial charge in [-0.15, -0.1) is 0 Å². The van der Waals surface area contributed by atoms with E-state index in [1.807, 2.05) is 19.1 Å². The summed E-state index contributed by atoms with van der Waals surface area (Å²) in [6.45, 7) is 9.25. The molecule has 0 amide bonds. The third-order valence-corrected chi connectivity index (χ3v) is 5.83. The van der Waals surface area contributed by atoms with Crippen molar-refractivity contribution < 1.29 is 14.3 Å². The number of methoxy groups -OCH3 is 1. The molecule has 1 aromatic heterocycles. The third kappa shape index (κ3) is 4.51. The van der Waals surface area contributed by atoms with Crippen molar-refractivity contribution in [3.05, 3.63) is 28.4 Å². The largest absolute Gasteiger partial charge is 0.495 e. The first kappa shape index (κ1) is 17.9. The van der Waals surface area contributed by atoms with Crippen molar-refractivity contribution in [1.82, 2.24) is 4.98 Å². The van der Waals surface area contributed by atoms with Gasteiger partial charge in [0, 0.05) is 24.7 Å². The molecule has 0 spiro atoms. The van der Waals surface area contributed by atoms with Crippen molar-refractivity contribution in [2.24, 2.45) is 0 Å². The molecule has 1 heterocycles.